The van der Waals surface area contributed by atoms with Crippen molar-refractivity contribution < 1.29 is 0 Å². The lowest BCUT2D eigenvalue weighted by molar-refractivity contribution is 0.734. The minimum Gasteiger partial charge on any atom is -0.375 e. The van der Waals surface area contributed by atoms with E-state index in [1.807, 2.05) is 0 Å². The number of benzene rings is 1. The largest absolute Gasteiger partial charge is 0.375 e. The van der Waals surface area contributed by atoms with Crippen molar-refractivity contribution >= 4 is 5.69 Å². The predicted molar refractivity (Wildman–Crippen MR) is 72.1 cm³/mol. The fraction of sp³-hybridized carbons (Fsp3) is 0.571. The molecule has 2 nitrogen and oxygen atoms in total. The maximum atomic E-state index is 5.83. The highest BCUT2D eigenvalue weighted by Gasteiger charge is 2.05. The van der Waals surface area contributed by atoms with Gasteiger partial charge in [-0.1, -0.05) is 13.0 Å². The Morgan fingerprint density at radius 1 is 1.38 bits per heavy atom. The average molecular weight is 220 g/mol. The van der Waals surface area contributed by atoms with Crippen molar-refractivity contribution in [3.05, 3.63) is 29.3 Å². The molecule has 0 radical (unpaired) electrons. The lowest BCUT2D eigenvalue weighted by Gasteiger charge is -2.20. The smallest absolute Gasteiger partial charge is 0.0366 e. The highest BCUT2D eigenvalue weighted by Crippen LogP contribution is 2.19. The number of anilines is 1. The summed E-state index contributed by atoms with van der Waals surface area (Å²) in [6.45, 7) is 7.53. The maximum absolute atomic E-state index is 5.83. The van der Waals surface area contributed by atoms with Crippen molar-refractivity contribution in [1.29, 1.82) is 0 Å². The van der Waals surface area contributed by atoms with Gasteiger partial charge >= 0.3 is 0 Å². The lowest BCUT2D eigenvalue weighted by atomic mass is 10.0. The van der Waals surface area contributed by atoms with Crippen molar-refractivity contribution in [2.45, 2.75) is 39.7 Å². The van der Waals surface area contributed by atoms with E-state index in [-0.39, 0.29) is 6.04 Å². The van der Waals surface area contributed by atoms with Crippen LogP contribution in [0.4, 0.5) is 5.69 Å². The first-order valence-electron chi connectivity index (χ1n) is 6.10. The summed E-state index contributed by atoms with van der Waals surface area (Å²) in [7, 11) is 2.14. The normalized spacial score (nSPS) is 12.6. The molecule has 0 heterocycles. The second kappa shape index (κ2) is 5.90. The van der Waals surface area contributed by atoms with Gasteiger partial charge in [0.25, 0.3) is 0 Å². The van der Waals surface area contributed by atoms with E-state index in [2.05, 4.69) is 50.9 Å². The van der Waals surface area contributed by atoms with E-state index in [4.69, 9.17) is 5.73 Å². The van der Waals surface area contributed by atoms with Gasteiger partial charge < -0.3 is 10.6 Å². The maximum Gasteiger partial charge on any atom is 0.0366 e. The fourth-order valence-electron chi connectivity index (χ4n) is 1.96. The molecule has 0 aliphatic carbocycles. The summed E-state index contributed by atoms with van der Waals surface area (Å²) in [5.74, 6) is 0. The van der Waals surface area contributed by atoms with Gasteiger partial charge in [0.05, 0.1) is 0 Å². The molecular weight excluding hydrogens is 196 g/mol. The molecule has 1 aromatic rings. The van der Waals surface area contributed by atoms with Crippen molar-refractivity contribution in [2.24, 2.45) is 5.73 Å². The molecule has 16 heavy (non-hydrogen) atoms. The average Bonchev–Trinajstić information content (AvgIpc) is 2.20. The van der Waals surface area contributed by atoms with Gasteiger partial charge in [-0.2, -0.15) is 0 Å². The van der Waals surface area contributed by atoms with E-state index in [1.54, 1.807) is 0 Å². The third-order valence-corrected chi connectivity index (χ3v) is 2.87. The van der Waals surface area contributed by atoms with Gasteiger partial charge in [0.2, 0.25) is 0 Å². The van der Waals surface area contributed by atoms with Crippen molar-refractivity contribution in [1.82, 2.24) is 0 Å². The minimum atomic E-state index is 0.234. The molecule has 90 valence electrons. The molecule has 1 aromatic carbocycles. The Morgan fingerprint density at radius 3 is 2.56 bits per heavy atom. The van der Waals surface area contributed by atoms with Crippen LogP contribution in [0.15, 0.2) is 18.2 Å². The van der Waals surface area contributed by atoms with Crippen LogP contribution in [0.1, 0.15) is 31.4 Å². The van der Waals surface area contributed by atoms with Crippen molar-refractivity contribution in [3.63, 3.8) is 0 Å². The summed E-state index contributed by atoms with van der Waals surface area (Å²) in [6.07, 6.45) is 2.14. The van der Waals surface area contributed by atoms with Gasteiger partial charge in [-0.25, -0.2) is 0 Å². The Labute approximate surface area is 99.5 Å². The zero-order chi connectivity index (χ0) is 12.1. The fourth-order valence-corrected chi connectivity index (χ4v) is 1.96. The van der Waals surface area contributed by atoms with Crippen LogP contribution >= 0.6 is 0 Å². The van der Waals surface area contributed by atoms with Crippen LogP contribution in [0.25, 0.3) is 0 Å². The third-order valence-electron chi connectivity index (χ3n) is 2.87. The number of nitrogens with two attached hydrogens (primary N) is 1. The molecule has 0 bridgehead atoms. The molecule has 0 fully saturated rings. The molecule has 0 aliphatic rings. The summed E-state index contributed by atoms with van der Waals surface area (Å²) in [4.78, 5) is 2.29. The molecule has 1 unspecified atom stereocenters. The Morgan fingerprint density at radius 2 is 2.06 bits per heavy atom. The molecule has 1 atom stereocenters. The Bertz CT molecular complexity index is 332. The molecule has 0 saturated heterocycles. The second-order valence-corrected chi connectivity index (χ2v) is 4.71. The van der Waals surface area contributed by atoms with E-state index < -0.39 is 0 Å². The van der Waals surface area contributed by atoms with Crippen LogP contribution < -0.4 is 10.6 Å². The third kappa shape index (κ3) is 3.53. The van der Waals surface area contributed by atoms with Crippen LogP contribution in [-0.4, -0.2) is 19.6 Å². The first-order chi connectivity index (χ1) is 7.54. The van der Waals surface area contributed by atoms with Crippen LogP contribution in [0.5, 0.6) is 0 Å². The van der Waals surface area contributed by atoms with E-state index in [0.29, 0.717) is 0 Å². The summed E-state index contributed by atoms with van der Waals surface area (Å²) in [5.41, 5.74) is 9.84. The summed E-state index contributed by atoms with van der Waals surface area (Å²) in [5, 5.41) is 0. The van der Waals surface area contributed by atoms with E-state index in [9.17, 15) is 0 Å². The highest BCUT2D eigenvalue weighted by molar-refractivity contribution is 5.50. The second-order valence-electron chi connectivity index (χ2n) is 4.71. The number of rotatable bonds is 5. The number of aryl methyl sites for hydroxylation is 1. The van der Waals surface area contributed by atoms with Crippen molar-refractivity contribution in [3.8, 4) is 0 Å². The van der Waals surface area contributed by atoms with Gasteiger partial charge in [-0.15, -0.1) is 0 Å². The molecule has 2 heteroatoms. The minimum absolute atomic E-state index is 0.234. The Hall–Kier alpha value is -1.02. The highest BCUT2D eigenvalue weighted by atomic mass is 15.1. The molecule has 0 aliphatic heterocycles. The van der Waals surface area contributed by atoms with Crippen LogP contribution in [0, 0.1) is 6.92 Å². The Kier molecular flexibility index (Phi) is 4.81. The molecule has 0 saturated carbocycles. The SMILES string of the molecule is CCCN(C)c1ccc(CC(C)N)c(C)c1. The molecule has 0 spiro atoms. The Balaban J connectivity index is 2.82. The van der Waals surface area contributed by atoms with Gasteiger partial charge in [-0.05, 0) is 49.9 Å². The number of nitrogens with zero attached hydrogens (tertiary/aromatic N) is 1. The topological polar surface area (TPSA) is 29.3 Å². The number of hydrogen-bond donors (Lipinski definition) is 1. The molecule has 2 N–H and O–H groups in total. The summed E-state index contributed by atoms with van der Waals surface area (Å²) in [6, 6.07) is 6.89. The van der Waals surface area contributed by atoms with Gasteiger partial charge in [0.1, 0.15) is 0 Å². The van der Waals surface area contributed by atoms with Crippen LogP contribution in [0.3, 0.4) is 0 Å². The van der Waals surface area contributed by atoms with E-state index >= 15 is 0 Å². The van der Waals surface area contributed by atoms with E-state index in [1.165, 1.54) is 23.2 Å². The summed E-state index contributed by atoms with van der Waals surface area (Å²) < 4.78 is 0. The zero-order valence-corrected chi connectivity index (χ0v) is 11.0. The van der Waals surface area contributed by atoms with Crippen LogP contribution in [0.2, 0.25) is 0 Å². The molecule has 1 rings (SSSR count). The predicted octanol–water partition coefficient (Wildman–Crippen LogP) is 2.73. The quantitative estimate of drug-likeness (QED) is 0.826. The molecule has 0 aromatic heterocycles. The number of hydrogen-bond acceptors (Lipinski definition) is 2. The molecule has 0 amide bonds. The lowest BCUT2D eigenvalue weighted by Crippen LogP contribution is -2.20. The summed E-state index contributed by atoms with van der Waals surface area (Å²) >= 11 is 0. The van der Waals surface area contributed by atoms with Gasteiger partial charge in [0, 0.05) is 25.3 Å². The van der Waals surface area contributed by atoms with Crippen molar-refractivity contribution in [2.75, 3.05) is 18.5 Å². The van der Waals surface area contributed by atoms with E-state index in [0.717, 1.165) is 13.0 Å². The van der Waals surface area contributed by atoms with Gasteiger partial charge in [0.15, 0.2) is 0 Å². The van der Waals surface area contributed by atoms with Gasteiger partial charge in [-0.3, -0.25) is 0 Å². The first kappa shape index (κ1) is 13.0. The molecular formula is C14H24N2. The zero-order valence-electron chi connectivity index (χ0n) is 11.0. The monoisotopic (exact) mass is 220 g/mol. The standard InChI is InChI=1S/C14H24N2/c1-5-8-16(4)14-7-6-13(10-12(3)15)11(2)9-14/h6-7,9,12H,5,8,10,15H2,1-4H3. The first-order valence-corrected chi connectivity index (χ1v) is 6.10. The van der Waals surface area contributed by atoms with Crippen LogP contribution in [-0.2, 0) is 6.42 Å².